The summed E-state index contributed by atoms with van der Waals surface area (Å²) < 4.78 is 0. The number of carboxylic acids is 1. The molecule has 0 aliphatic heterocycles. The van der Waals surface area contributed by atoms with Gasteiger partial charge in [0.2, 0.25) is 0 Å². The highest BCUT2D eigenvalue weighted by Gasteiger charge is 2.03. The molecule has 0 spiro atoms. The third-order valence-corrected chi connectivity index (χ3v) is 3.24. The van der Waals surface area contributed by atoms with Crippen LogP contribution < -0.4 is 10.6 Å². The maximum absolute atomic E-state index is 10.7. The molecule has 0 bridgehead atoms. The zero-order chi connectivity index (χ0) is 16.7. The first kappa shape index (κ1) is 16.4. The summed E-state index contributed by atoms with van der Waals surface area (Å²) in [6, 6.07) is 13.0. The molecule has 0 heterocycles. The first-order valence-electron chi connectivity index (χ1n) is 7.07. The van der Waals surface area contributed by atoms with E-state index < -0.39 is 10.9 Å². The van der Waals surface area contributed by atoms with E-state index in [4.69, 9.17) is 5.11 Å². The van der Waals surface area contributed by atoms with E-state index in [0.29, 0.717) is 19.6 Å². The first-order valence-corrected chi connectivity index (χ1v) is 7.07. The van der Waals surface area contributed by atoms with Crippen molar-refractivity contribution < 1.29 is 14.8 Å². The summed E-state index contributed by atoms with van der Waals surface area (Å²) in [7, 11) is 0. The van der Waals surface area contributed by atoms with Gasteiger partial charge in [-0.2, -0.15) is 0 Å². The van der Waals surface area contributed by atoms with Gasteiger partial charge in [-0.05, 0) is 29.8 Å². The number of nitrogens with one attached hydrogen (secondary N) is 2. The predicted octanol–water partition coefficient (Wildman–Crippen LogP) is 2.49. The van der Waals surface area contributed by atoms with Crippen LogP contribution in [0.3, 0.4) is 0 Å². The van der Waals surface area contributed by atoms with Crippen molar-refractivity contribution in [3.63, 3.8) is 0 Å². The van der Waals surface area contributed by atoms with Crippen molar-refractivity contribution in [1.82, 2.24) is 5.32 Å². The van der Waals surface area contributed by atoms with Crippen LogP contribution in [0, 0.1) is 10.1 Å². The van der Waals surface area contributed by atoms with Gasteiger partial charge in [-0.15, -0.1) is 0 Å². The van der Waals surface area contributed by atoms with Gasteiger partial charge in [0.25, 0.3) is 5.69 Å². The van der Waals surface area contributed by atoms with E-state index in [9.17, 15) is 14.9 Å². The standard InChI is InChI=1S/C16H17N3O4/c20-16(21)13-3-1-12(2-4-13)11-17-9-10-18-14-5-7-15(8-6-14)19(22)23/h1-8,17-18H,9-11H2,(H,20,21). The number of nitro benzene ring substituents is 1. The molecule has 0 aliphatic carbocycles. The molecule has 0 aromatic heterocycles. The fraction of sp³-hybridized carbons (Fsp3) is 0.188. The van der Waals surface area contributed by atoms with Crippen LogP contribution >= 0.6 is 0 Å². The van der Waals surface area contributed by atoms with Crippen LogP contribution in [0.15, 0.2) is 48.5 Å². The minimum Gasteiger partial charge on any atom is -0.478 e. The Bertz CT molecular complexity index is 609. The number of carbonyl (C=O) groups is 1. The van der Waals surface area contributed by atoms with Gasteiger partial charge in [0, 0.05) is 37.5 Å². The quantitative estimate of drug-likeness (QED) is 0.393. The summed E-state index contributed by atoms with van der Waals surface area (Å²) in [4.78, 5) is 20.9. The van der Waals surface area contributed by atoms with Crippen molar-refractivity contribution in [1.29, 1.82) is 0 Å². The van der Waals surface area contributed by atoms with Gasteiger partial charge in [-0.3, -0.25) is 10.1 Å². The summed E-state index contributed by atoms with van der Waals surface area (Å²) in [5.74, 6) is -0.934. The Morgan fingerprint density at radius 1 is 1.04 bits per heavy atom. The number of benzene rings is 2. The van der Waals surface area contributed by atoms with Crippen LogP contribution in [0.5, 0.6) is 0 Å². The van der Waals surface area contributed by atoms with Gasteiger partial charge in [-0.1, -0.05) is 12.1 Å². The number of aromatic carboxylic acids is 1. The predicted molar refractivity (Wildman–Crippen MR) is 86.7 cm³/mol. The maximum Gasteiger partial charge on any atom is 0.335 e. The van der Waals surface area contributed by atoms with Crippen LogP contribution in [0.2, 0.25) is 0 Å². The highest BCUT2D eigenvalue weighted by atomic mass is 16.6. The first-order chi connectivity index (χ1) is 11.1. The molecule has 2 aromatic rings. The molecular weight excluding hydrogens is 298 g/mol. The van der Waals surface area contributed by atoms with Crippen LogP contribution in [-0.2, 0) is 6.54 Å². The van der Waals surface area contributed by atoms with Gasteiger partial charge in [-0.25, -0.2) is 4.79 Å². The molecule has 7 heteroatoms. The lowest BCUT2D eigenvalue weighted by molar-refractivity contribution is -0.384. The molecule has 23 heavy (non-hydrogen) atoms. The number of rotatable bonds is 8. The third-order valence-electron chi connectivity index (χ3n) is 3.24. The Morgan fingerprint density at radius 3 is 2.26 bits per heavy atom. The van der Waals surface area contributed by atoms with Crippen molar-refractivity contribution in [2.75, 3.05) is 18.4 Å². The Labute approximate surface area is 133 Å². The molecule has 0 fully saturated rings. The third kappa shape index (κ3) is 5.08. The molecular formula is C16H17N3O4. The molecule has 0 saturated heterocycles. The summed E-state index contributed by atoms with van der Waals surface area (Å²) in [5, 5.41) is 25.8. The van der Waals surface area contributed by atoms with Crippen molar-refractivity contribution in [2.24, 2.45) is 0 Å². The molecule has 0 unspecified atom stereocenters. The molecule has 7 nitrogen and oxygen atoms in total. The Hall–Kier alpha value is -2.93. The second-order valence-electron chi connectivity index (χ2n) is 4.91. The zero-order valence-electron chi connectivity index (χ0n) is 12.4. The Morgan fingerprint density at radius 2 is 1.70 bits per heavy atom. The molecule has 120 valence electrons. The van der Waals surface area contributed by atoms with Gasteiger partial charge >= 0.3 is 5.97 Å². The molecule has 0 aliphatic rings. The fourth-order valence-corrected chi connectivity index (χ4v) is 1.99. The molecule has 2 aromatic carbocycles. The number of nitro groups is 1. The lowest BCUT2D eigenvalue weighted by Crippen LogP contribution is -2.21. The van der Waals surface area contributed by atoms with Gasteiger partial charge in [0.1, 0.15) is 0 Å². The van der Waals surface area contributed by atoms with E-state index in [-0.39, 0.29) is 11.3 Å². The number of hydrogen-bond donors (Lipinski definition) is 3. The van der Waals surface area contributed by atoms with E-state index in [1.807, 2.05) is 0 Å². The van der Waals surface area contributed by atoms with Crippen LogP contribution in [0.1, 0.15) is 15.9 Å². The van der Waals surface area contributed by atoms with Crippen LogP contribution in [0.4, 0.5) is 11.4 Å². The number of anilines is 1. The molecule has 2 rings (SSSR count). The largest absolute Gasteiger partial charge is 0.478 e. The van der Waals surface area contributed by atoms with E-state index in [1.54, 1.807) is 36.4 Å². The van der Waals surface area contributed by atoms with Gasteiger partial charge in [0.15, 0.2) is 0 Å². The maximum atomic E-state index is 10.7. The summed E-state index contributed by atoms with van der Waals surface area (Å²) in [6.45, 7) is 2.02. The van der Waals surface area contributed by atoms with Gasteiger partial charge < -0.3 is 15.7 Å². The minimum absolute atomic E-state index is 0.0680. The summed E-state index contributed by atoms with van der Waals surface area (Å²) >= 11 is 0. The molecule has 0 saturated carbocycles. The molecule has 0 radical (unpaired) electrons. The van der Waals surface area contributed by atoms with Crippen molar-refractivity contribution >= 4 is 17.3 Å². The topological polar surface area (TPSA) is 104 Å². The van der Waals surface area contributed by atoms with E-state index in [1.165, 1.54) is 12.1 Å². The summed E-state index contributed by atoms with van der Waals surface area (Å²) in [5.41, 5.74) is 2.17. The van der Waals surface area contributed by atoms with Crippen molar-refractivity contribution in [2.45, 2.75) is 6.54 Å². The lowest BCUT2D eigenvalue weighted by Gasteiger charge is -2.08. The highest BCUT2D eigenvalue weighted by Crippen LogP contribution is 2.14. The normalized spacial score (nSPS) is 10.3. The minimum atomic E-state index is -0.934. The summed E-state index contributed by atoms with van der Waals surface area (Å²) in [6.07, 6.45) is 0. The molecule has 0 atom stereocenters. The van der Waals surface area contributed by atoms with Crippen LogP contribution in [-0.4, -0.2) is 29.1 Å². The van der Waals surface area contributed by atoms with E-state index >= 15 is 0 Å². The average molecular weight is 315 g/mol. The second kappa shape index (κ2) is 7.90. The number of hydrogen-bond acceptors (Lipinski definition) is 5. The molecule has 0 amide bonds. The Balaban J connectivity index is 1.69. The van der Waals surface area contributed by atoms with E-state index in [2.05, 4.69) is 10.6 Å². The Kier molecular flexibility index (Phi) is 5.65. The second-order valence-corrected chi connectivity index (χ2v) is 4.91. The number of non-ortho nitro benzene ring substituents is 1. The van der Waals surface area contributed by atoms with Crippen molar-refractivity contribution in [3.8, 4) is 0 Å². The van der Waals surface area contributed by atoms with E-state index in [0.717, 1.165) is 11.3 Å². The average Bonchev–Trinajstić information content (AvgIpc) is 2.55. The van der Waals surface area contributed by atoms with Crippen molar-refractivity contribution in [3.05, 3.63) is 69.8 Å². The number of carboxylic acid groups (broad SMARTS) is 1. The number of nitrogens with zero attached hydrogens (tertiary/aromatic N) is 1. The molecule has 3 N–H and O–H groups in total. The van der Waals surface area contributed by atoms with Gasteiger partial charge in [0.05, 0.1) is 10.5 Å². The lowest BCUT2D eigenvalue weighted by atomic mass is 10.1. The monoisotopic (exact) mass is 315 g/mol. The highest BCUT2D eigenvalue weighted by molar-refractivity contribution is 5.87. The zero-order valence-corrected chi connectivity index (χ0v) is 12.4. The smallest absolute Gasteiger partial charge is 0.335 e. The SMILES string of the molecule is O=C(O)c1ccc(CNCCNc2ccc([N+](=O)[O-])cc2)cc1. The van der Waals surface area contributed by atoms with Crippen LogP contribution in [0.25, 0.3) is 0 Å². The fourth-order valence-electron chi connectivity index (χ4n) is 1.99.